The molecule has 1 atom stereocenters. The number of alkyl carbamates (subject to hydrolysis) is 1. The highest BCUT2D eigenvalue weighted by Crippen LogP contribution is 2.23. The van der Waals surface area contributed by atoms with Crippen molar-refractivity contribution in [2.75, 3.05) is 18.2 Å². The lowest BCUT2D eigenvalue weighted by atomic mass is 10.0. The van der Waals surface area contributed by atoms with E-state index in [0.717, 1.165) is 23.1 Å². The number of amides is 2. The molecule has 3 aromatic rings. The Morgan fingerprint density at radius 1 is 1.12 bits per heavy atom. The molecule has 40 heavy (non-hydrogen) atoms. The van der Waals surface area contributed by atoms with E-state index in [-0.39, 0.29) is 11.4 Å². The third-order valence-corrected chi connectivity index (χ3v) is 6.02. The van der Waals surface area contributed by atoms with Crippen LogP contribution in [0.15, 0.2) is 41.7 Å². The van der Waals surface area contributed by atoms with Gasteiger partial charge >= 0.3 is 6.09 Å². The van der Waals surface area contributed by atoms with Crippen LogP contribution in [0.4, 0.5) is 16.3 Å². The molecule has 0 radical (unpaired) electrons. The van der Waals surface area contributed by atoms with E-state index in [1.165, 1.54) is 17.1 Å². The third-order valence-electron chi connectivity index (χ3n) is 6.02. The number of aromatic nitrogens is 3. The van der Waals surface area contributed by atoms with Crippen LogP contribution in [0.3, 0.4) is 0 Å². The van der Waals surface area contributed by atoms with Crippen LogP contribution >= 0.6 is 0 Å². The van der Waals surface area contributed by atoms with E-state index in [2.05, 4.69) is 20.6 Å². The molecule has 11 nitrogen and oxygen atoms in total. The number of rotatable bonds is 9. The summed E-state index contributed by atoms with van der Waals surface area (Å²) >= 11 is 0. The van der Waals surface area contributed by atoms with Crippen LogP contribution in [0.1, 0.15) is 79.2 Å². The van der Waals surface area contributed by atoms with Crippen molar-refractivity contribution in [1.82, 2.24) is 19.9 Å². The maximum atomic E-state index is 13.5. The highest BCUT2D eigenvalue weighted by atomic mass is 16.6. The molecule has 0 aliphatic heterocycles. The monoisotopic (exact) mass is 550 g/mol. The fraction of sp³-hybridized carbons (Fsp3) is 0.414. The van der Waals surface area contributed by atoms with Gasteiger partial charge in [-0.1, -0.05) is 25.5 Å². The molecule has 0 saturated carbocycles. The van der Waals surface area contributed by atoms with E-state index in [9.17, 15) is 14.4 Å². The van der Waals surface area contributed by atoms with Crippen LogP contribution in [0.5, 0.6) is 0 Å². The maximum absolute atomic E-state index is 13.5. The Morgan fingerprint density at radius 3 is 2.40 bits per heavy atom. The van der Waals surface area contributed by atoms with Gasteiger partial charge < -0.3 is 25.8 Å². The highest BCUT2D eigenvalue weighted by molar-refractivity contribution is 6.06. The Balaban J connectivity index is 1.91. The van der Waals surface area contributed by atoms with Crippen LogP contribution in [-0.4, -0.2) is 39.2 Å². The smallest absolute Gasteiger partial charge is 0.408 e. The minimum absolute atomic E-state index is 0.190. The molecular formula is C29H38N6O5. The van der Waals surface area contributed by atoms with E-state index in [1.54, 1.807) is 40.1 Å². The molecule has 4 N–H and O–H groups in total. The van der Waals surface area contributed by atoms with E-state index in [4.69, 9.17) is 15.2 Å². The summed E-state index contributed by atoms with van der Waals surface area (Å²) in [5, 5.41) is 5.57. The zero-order valence-corrected chi connectivity index (χ0v) is 24.1. The van der Waals surface area contributed by atoms with Crippen LogP contribution in [0.25, 0.3) is 5.69 Å². The fourth-order valence-electron chi connectivity index (χ4n) is 4.49. The summed E-state index contributed by atoms with van der Waals surface area (Å²) in [5.74, 6) is -0.911. The van der Waals surface area contributed by atoms with E-state index >= 15 is 0 Å². The molecule has 0 aliphatic carbocycles. The van der Waals surface area contributed by atoms with Crippen LogP contribution < -0.4 is 21.9 Å². The fourth-order valence-corrected chi connectivity index (χ4v) is 4.49. The van der Waals surface area contributed by atoms with Gasteiger partial charge in [0.15, 0.2) is 0 Å². The number of hydrogen-bond donors (Lipinski definition) is 3. The van der Waals surface area contributed by atoms with Crippen molar-refractivity contribution in [3.63, 3.8) is 0 Å². The number of nitrogens with one attached hydrogen (secondary N) is 2. The second-order valence-electron chi connectivity index (χ2n) is 10.6. The molecule has 1 aromatic carbocycles. The third kappa shape index (κ3) is 7.44. The Morgan fingerprint density at radius 2 is 1.80 bits per heavy atom. The summed E-state index contributed by atoms with van der Waals surface area (Å²) in [4.78, 5) is 47.6. The molecule has 0 fully saturated rings. The molecule has 0 spiro atoms. The quantitative estimate of drug-likeness (QED) is 0.350. The second kappa shape index (κ2) is 12.7. The van der Waals surface area contributed by atoms with Crippen molar-refractivity contribution < 1.29 is 19.1 Å². The molecular weight excluding hydrogens is 512 g/mol. The molecule has 2 amide bonds. The summed E-state index contributed by atoms with van der Waals surface area (Å²) < 4.78 is 11.9. The van der Waals surface area contributed by atoms with Crippen molar-refractivity contribution in [1.29, 1.82) is 0 Å². The van der Waals surface area contributed by atoms with Crippen LogP contribution in [-0.2, 0) is 16.1 Å². The number of nitrogen functional groups attached to an aromatic ring is 1. The molecule has 11 heteroatoms. The van der Waals surface area contributed by atoms with Crippen LogP contribution in [0.2, 0.25) is 0 Å². The maximum Gasteiger partial charge on any atom is 0.408 e. The topological polar surface area (TPSA) is 150 Å². The zero-order valence-electron chi connectivity index (χ0n) is 24.1. The number of methoxy groups -OCH3 is 1. The summed E-state index contributed by atoms with van der Waals surface area (Å²) in [6, 6.07) is 5.14. The van der Waals surface area contributed by atoms with Gasteiger partial charge in [-0.05, 0) is 69.4 Å². The lowest BCUT2D eigenvalue weighted by Crippen LogP contribution is -2.35. The Kier molecular flexibility index (Phi) is 9.65. The molecule has 0 saturated heterocycles. The molecule has 0 bridgehead atoms. The minimum atomic E-state index is -0.721. The van der Waals surface area contributed by atoms with Gasteiger partial charge in [-0.2, -0.15) is 0 Å². The van der Waals surface area contributed by atoms with Gasteiger partial charge in [0.05, 0.1) is 30.2 Å². The first kappa shape index (κ1) is 30.3. The van der Waals surface area contributed by atoms with Gasteiger partial charge in [0.25, 0.3) is 11.5 Å². The first-order chi connectivity index (χ1) is 18.8. The lowest BCUT2D eigenvalue weighted by Gasteiger charge is -2.24. The largest absolute Gasteiger partial charge is 0.444 e. The number of anilines is 2. The number of aryl methyl sites for hydroxylation is 2. The van der Waals surface area contributed by atoms with Crippen molar-refractivity contribution in [3.05, 3.63) is 75.1 Å². The summed E-state index contributed by atoms with van der Waals surface area (Å²) in [6.45, 7) is 11.5. The second-order valence-corrected chi connectivity index (χ2v) is 10.6. The van der Waals surface area contributed by atoms with Crippen molar-refractivity contribution in [2.24, 2.45) is 0 Å². The van der Waals surface area contributed by atoms with Gasteiger partial charge in [-0.15, -0.1) is 0 Å². The zero-order chi connectivity index (χ0) is 29.6. The average Bonchev–Trinajstić information content (AvgIpc) is 2.84. The van der Waals surface area contributed by atoms with Gasteiger partial charge in [0.2, 0.25) is 0 Å². The predicted octanol–water partition coefficient (Wildman–Crippen LogP) is 4.59. The molecule has 2 heterocycles. The number of nitrogens with zero attached hydrogens (tertiary/aromatic N) is 3. The molecule has 0 unspecified atom stereocenters. The molecule has 0 aliphatic rings. The van der Waals surface area contributed by atoms with Gasteiger partial charge in [-0.3, -0.25) is 19.1 Å². The summed E-state index contributed by atoms with van der Waals surface area (Å²) in [5.41, 5.74) is 8.70. The number of pyridine rings is 1. The van der Waals surface area contributed by atoms with E-state index < -0.39 is 29.2 Å². The summed E-state index contributed by atoms with van der Waals surface area (Å²) in [6.07, 6.45) is 5.24. The lowest BCUT2D eigenvalue weighted by molar-refractivity contribution is 0.0500. The standard InChI is InChI=1S/C29H38N6O5/c1-8-9-22(34-28(38)40-29(4,5)6)20-12-21(14-31-13-20)33-26(36)23-25(30)32-16-35(27(23)37)24-17(2)10-19(15-39-7)11-18(24)3/h10-14,16,22H,8-9,15,30H2,1-7H3,(H,33,36)(H,34,38)/t22-/m1/s1. The number of nitrogens with two attached hydrogens (primary N) is 1. The predicted molar refractivity (Wildman–Crippen MR) is 154 cm³/mol. The van der Waals surface area contributed by atoms with E-state index in [0.29, 0.717) is 30.0 Å². The van der Waals surface area contributed by atoms with Crippen molar-refractivity contribution >= 4 is 23.5 Å². The SMILES string of the molecule is CCC[C@@H](NC(=O)OC(C)(C)C)c1cncc(NC(=O)c2c(N)ncn(-c3c(C)cc(COC)cc3C)c2=O)c1. The average molecular weight is 551 g/mol. The van der Waals surface area contributed by atoms with Crippen molar-refractivity contribution in [2.45, 2.75) is 72.6 Å². The number of hydrogen-bond acceptors (Lipinski definition) is 8. The normalized spacial score (nSPS) is 12.1. The number of carbonyl (C=O) groups excluding carboxylic acids is 2. The van der Waals surface area contributed by atoms with E-state index in [1.807, 2.05) is 32.9 Å². The Hall–Kier alpha value is -4.25. The number of benzene rings is 1. The van der Waals surface area contributed by atoms with Gasteiger partial charge in [0, 0.05) is 13.3 Å². The minimum Gasteiger partial charge on any atom is -0.444 e. The Labute approximate surface area is 234 Å². The number of carbonyl (C=O) groups is 2. The van der Waals surface area contributed by atoms with Gasteiger partial charge in [-0.25, -0.2) is 9.78 Å². The van der Waals surface area contributed by atoms with Crippen molar-refractivity contribution in [3.8, 4) is 5.69 Å². The Bertz CT molecular complexity index is 1420. The first-order valence-electron chi connectivity index (χ1n) is 13.1. The first-order valence-corrected chi connectivity index (χ1v) is 13.1. The van der Waals surface area contributed by atoms with Gasteiger partial charge in [0.1, 0.15) is 23.3 Å². The molecule has 3 rings (SSSR count). The number of ether oxygens (including phenoxy) is 2. The summed E-state index contributed by atoms with van der Waals surface area (Å²) in [7, 11) is 1.62. The molecule has 2 aromatic heterocycles. The highest BCUT2D eigenvalue weighted by Gasteiger charge is 2.23. The molecule has 214 valence electrons. The van der Waals surface area contributed by atoms with Crippen LogP contribution in [0, 0.1) is 13.8 Å².